The van der Waals surface area contributed by atoms with E-state index in [1.807, 2.05) is 6.92 Å². The highest BCUT2D eigenvalue weighted by Gasteiger charge is 2.31. The molecule has 118 valence electrons. The Hall–Kier alpha value is -1.27. The van der Waals surface area contributed by atoms with Gasteiger partial charge >= 0.3 is 6.36 Å². The van der Waals surface area contributed by atoms with E-state index in [2.05, 4.69) is 10.1 Å². The number of ether oxygens (including phenoxy) is 2. The van der Waals surface area contributed by atoms with Crippen molar-refractivity contribution >= 4 is 0 Å². The van der Waals surface area contributed by atoms with Gasteiger partial charge in [-0.05, 0) is 43.5 Å². The first-order valence-electron chi connectivity index (χ1n) is 7.17. The van der Waals surface area contributed by atoms with Crippen molar-refractivity contribution in [2.24, 2.45) is 0 Å². The second-order valence-corrected chi connectivity index (χ2v) is 5.11. The Labute approximate surface area is 122 Å². The van der Waals surface area contributed by atoms with Crippen molar-refractivity contribution < 1.29 is 22.6 Å². The van der Waals surface area contributed by atoms with E-state index in [1.54, 1.807) is 12.1 Å². The zero-order chi connectivity index (χ0) is 15.3. The van der Waals surface area contributed by atoms with Gasteiger partial charge in [0.05, 0.1) is 6.10 Å². The van der Waals surface area contributed by atoms with Crippen molar-refractivity contribution in [3.05, 3.63) is 29.8 Å². The Morgan fingerprint density at radius 1 is 1.33 bits per heavy atom. The second-order valence-electron chi connectivity index (χ2n) is 5.11. The SMILES string of the molecule is CCNC(Cc1ccc(OC(F)(F)F)cc1)C1CCCO1. The molecule has 1 heterocycles. The molecular weight excluding hydrogens is 283 g/mol. The summed E-state index contributed by atoms with van der Waals surface area (Å²) in [7, 11) is 0. The molecule has 1 N–H and O–H groups in total. The molecule has 1 aromatic rings. The minimum Gasteiger partial charge on any atom is -0.406 e. The third kappa shape index (κ3) is 5.21. The maximum Gasteiger partial charge on any atom is 0.573 e. The maximum absolute atomic E-state index is 12.1. The molecule has 0 aliphatic carbocycles. The fourth-order valence-corrected chi connectivity index (χ4v) is 2.60. The zero-order valence-electron chi connectivity index (χ0n) is 12.0. The van der Waals surface area contributed by atoms with Crippen LogP contribution in [0.3, 0.4) is 0 Å². The average Bonchev–Trinajstić information content (AvgIpc) is 2.92. The third-order valence-electron chi connectivity index (χ3n) is 3.49. The number of alkyl halides is 3. The Bertz CT molecular complexity index is 428. The van der Waals surface area contributed by atoms with Crippen LogP contribution in [0.15, 0.2) is 24.3 Å². The first-order chi connectivity index (χ1) is 9.98. The molecule has 0 bridgehead atoms. The largest absolute Gasteiger partial charge is 0.573 e. The molecular formula is C15H20F3NO2. The summed E-state index contributed by atoms with van der Waals surface area (Å²) in [5.41, 5.74) is 0.964. The summed E-state index contributed by atoms with van der Waals surface area (Å²) in [4.78, 5) is 0. The number of halogens is 3. The lowest BCUT2D eigenvalue weighted by Crippen LogP contribution is -2.41. The van der Waals surface area contributed by atoms with E-state index >= 15 is 0 Å². The number of likely N-dealkylation sites (N-methyl/N-ethyl adjacent to an activating group) is 1. The minimum absolute atomic E-state index is 0.177. The van der Waals surface area contributed by atoms with Crippen LogP contribution in [0, 0.1) is 0 Å². The molecule has 6 heteroatoms. The second kappa shape index (κ2) is 7.13. The van der Waals surface area contributed by atoms with E-state index in [0.29, 0.717) is 0 Å². The van der Waals surface area contributed by atoms with Crippen molar-refractivity contribution in [1.29, 1.82) is 0 Å². The number of hydrogen-bond acceptors (Lipinski definition) is 3. The molecule has 1 fully saturated rings. The van der Waals surface area contributed by atoms with E-state index in [0.717, 1.165) is 38.0 Å². The van der Waals surface area contributed by atoms with Crippen LogP contribution >= 0.6 is 0 Å². The highest BCUT2D eigenvalue weighted by atomic mass is 19.4. The topological polar surface area (TPSA) is 30.5 Å². The number of hydrogen-bond donors (Lipinski definition) is 1. The number of rotatable bonds is 6. The van der Waals surface area contributed by atoms with Crippen LogP contribution in [0.5, 0.6) is 5.75 Å². The molecule has 0 amide bonds. The number of nitrogens with one attached hydrogen (secondary N) is 1. The Morgan fingerprint density at radius 2 is 2.05 bits per heavy atom. The lowest BCUT2D eigenvalue weighted by molar-refractivity contribution is -0.274. The van der Waals surface area contributed by atoms with Gasteiger partial charge in [-0.15, -0.1) is 13.2 Å². The van der Waals surface area contributed by atoms with E-state index in [4.69, 9.17) is 4.74 Å². The summed E-state index contributed by atoms with van der Waals surface area (Å²) in [5, 5.41) is 3.39. The van der Waals surface area contributed by atoms with Gasteiger partial charge in [-0.1, -0.05) is 19.1 Å². The predicted molar refractivity (Wildman–Crippen MR) is 73.3 cm³/mol. The van der Waals surface area contributed by atoms with Crippen LogP contribution in [0.1, 0.15) is 25.3 Å². The summed E-state index contributed by atoms with van der Waals surface area (Å²) in [6, 6.07) is 6.22. The summed E-state index contributed by atoms with van der Waals surface area (Å²) in [6.45, 7) is 3.65. The molecule has 2 atom stereocenters. The molecule has 2 rings (SSSR count). The molecule has 1 aliphatic rings. The average molecular weight is 303 g/mol. The molecule has 3 nitrogen and oxygen atoms in total. The summed E-state index contributed by atoms with van der Waals surface area (Å²) in [5.74, 6) is -0.191. The van der Waals surface area contributed by atoms with E-state index in [9.17, 15) is 13.2 Å². The van der Waals surface area contributed by atoms with Gasteiger partial charge < -0.3 is 14.8 Å². The van der Waals surface area contributed by atoms with Gasteiger partial charge in [0.25, 0.3) is 0 Å². The van der Waals surface area contributed by atoms with Crippen molar-refractivity contribution in [3.8, 4) is 5.75 Å². The lowest BCUT2D eigenvalue weighted by Gasteiger charge is -2.24. The van der Waals surface area contributed by atoms with Crippen LogP contribution in [0.4, 0.5) is 13.2 Å². The summed E-state index contributed by atoms with van der Waals surface area (Å²) < 4.78 is 45.9. The number of benzene rings is 1. The van der Waals surface area contributed by atoms with E-state index in [1.165, 1.54) is 12.1 Å². The van der Waals surface area contributed by atoms with Crippen molar-refractivity contribution in [2.45, 2.75) is 44.7 Å². The standard InChI is InChI=1S/C15H20F3NO2/c1-2-19-13(14-4-3-9-20-14)10-11-5-7-12(8-6-11)21-15(16,17)18/h5-8,13-14,19H,2-4,9-10H2,1H3. The monoisotopic (exact) mass is 303 g/mol. The van der Waals surface area contributed by atoms with Crippen LogP contribution < -0.4 is 10.1 Å². The highest BCUT2D eigenvalue weighted by molar-refractivity contribution is 5.28. The minimum atomic E-state index is -4.65. The van der Waals surface area contributed by atoms with Crippen LogP contribution in [-0.2, 0) is 11.2 Å². The molecule has 1 aliphatic heterocycles. The molecule has 0 saturated carbocycles. The molecule has 21 heavy (non-hydrogen) atoms. The predicted octanol–water partition coefficient (Wildman–Crippen LogP) is 3.28. The normalized spacial score (nSPS) is 20.5. The van der Waals surface area contributed by atoms with Gasteiger partial charge in [-0.25, -0.2) is 0 Å². The fraction of sp³-hybridized carbons (Fsp3) is 0.600. The van der Waals surface area contributed by atoms with Gasteiger partial charge in [-0.2, -0.15) is 0 Å². The van der Waals surface area contributed by atoms with Gasteiger partial charge in [0.1, 0.15) is 5.75 Å². The zero-order valence-corrected chi connectivity index (χ0v) is 12.0. The highest BCUT2D eigenvalue weighted by Crippen LogP contribution is 2.24. The van der Waals surface area contributed by atoms with Crippen molar-refractivity contribution in [1.82, 2.24) is 5.32 Å². The molecule has 0 aromatic heterocycles. The van der Waals surface area contributed by atoms with Crippen molar-refractivity contribution in [2.75, 3.05) is 13.2 Å². The first kappa shape index (κ1) is 16.1. The molecule has 2 unspecified atom stereocenters. The third-order valence-corrected chi connectivity index (χ3v) is 3.49. The van der Waals surface area contributed by atoms with E-state index in [-0.39, 0.29) is 17.9 Å². The quantitative estimate of drug-likeness (QED) is 0.875. The maximum atomic E-state index is 12.1. The molecule has 1 saturated heterocycles. The summed E-state index contributed by atoms with van der Waals surface area (Å²) >= 11 is 0. The molecule has 0 radical (unpaired) electrons. The summed E-state index contributed by atoms with van der Waals surface area (Å²) in [6.07, 6.45) is -1.66. The van der Waals surface area contributed by atoms with Crippen LogP contribution in [-0.4, -0.2) is 31.7 Å². The van der Waals surface area contributed by atoms with Gasteiger partial charge in [-0.3, -0.25) is 0 Å². The molecule has 1 aromatic carbocycles. The van der Waals surface area contributed by atoms with Gasteiger partial charge in [0.15, 0.2) is 0 Å². The smallest absolute Gasteiger partial charge is 0.406 e. The van der Waals surface area contributed by atoms with Crippen LogP contribution in [0.2, 0.25) is 0 Å². The van der Waals surface area contributed by atoms with Crippen LogP contribution in [0.25, 0.3) is 0 Å². The Balaban J connectivity index is 1.96. The van der Waals surface area contributed by atoms with Gasteiger partial charge in [0, 0.05) is 12.6 Å². The molecule has 0 spiro atoms. The lowest BCUT2D eigenvalue weighted by atomic mass is 9.99. The first-order valence-corrected chi connectivity index (χ1v) is 7.17. The van der Waals surface area contributed by atoms with Gasteiger partial charge in [0.2, 0.25) is 0 Å². The Morgan fingerprint density at radius 3 is 2.57 bits per heavy atom. The fourth-order valence-electron chi connectivity index (χ4n) is 2.60. The van der Waals surface area contributed by atoms with E-state index < -0.39 is 6.36 Å². The Kier molecular flexibility index (Phi) is 5.47. The van der Waals surface area contributed by atoms with Crippen molar-refractivity contribution in [3.63, 3.8) is 0 Å².